The molecule has 0 aliphatic rings. The molecule has 4 heterocycles. The van der Waals surface area contributed by atoms with Crippen molar-refractivity contribution in [2.45, 2.75) is 12.8 Å². The highest BCUT2D eigenvalue weighted by Gasteiger charge is 2.12. The van der Waals surface area contributed by atoms with Crippen molar-refractivity contribution in [2.24, 2.45) is 0 Å². The second-order valence-electron chi connectivity index (χ2n) is 5.56. The first kappa shape index (κ1) is 17.0. The number of thiazole rings is 1. The third-order valence-corrected chi connectivity index (χ3v) is 4.52. The number of amides is 1. The molecule has 0 saturated heterocycles. The van der Waals surface area contributed by atoms with Crippen LogP contribution in [0.5, 0.6) is 5.88 Å². The fourth-order valence-electron chi connectivity index (χ4n) is 2.45. The van der Waals surface area contributed by atoms with Crippen LogP contribution in [0.1, 0.15) is 12.2 Å². The second kappa shape index (κ2) is 7.46. The predicted octanol–water partition coefficient (Wildman–Crippen LogP) is 2.22. The summed E-state index contributed by atoms with van der Waals surface area (Å²) >= 11 is 1.36. The van der Waals surface area contributed by atoms with Gasteiger partial charge < -0.3 is 10.1 Å². The summed E-state index contributed by atoms with van der Waals surface area (Å²) in [5.41, 5.74) is 2.10. The summed E-state index contributed by atoms with van der Waals surface area (Å²) in [5.74, 6) is 0.891. The molecule has 1 amide bonds. The maximum absolute atomic E-state index is 12.2. The number of nitrogens with one attached hydrogen (secondary N) is 1. The van der Waals surface area contributed by atoms with Crippen LogP contribution in [0.2, 0.25) is 0 Å². The van der Waals surface area contributed by atoms with Crippen molar-refractivity contribution in [3.8, 4) is 17.3 Å². The minimum Gasteiger partial charge on any atom is -0.480 e. The van der Waals surface area contributed by atoms with Gasteiger partial charge in [0, 0.05) is 30.5 Å². The Labute approximate surface area is 158 Å². The first-order chi connectivity index (χ1) is 13.2. The van der Waals surface area contributed by atoms with Crippen molar-refractivity contribution in [2.75, 3.05) is 12.4 Å². The van der Waals surface area contributed by atoms with Crippen LogP contribution in [0.25, 0.3) is 17.0 Å². The van der Waals surface area contributed by atoms with E-state index in [9.17, 15) is 4.79 Å². The monoisotopic (exact) mass is 381 g/mol. The number of aromatic nitrogens is 6. The number of aryl methyl sites for hydroxylation is 1. The number of carbonyl (C=O) groups is 1. The Kier molecular flexibility index (Phi) is 4.71. The number of carbonyl (C=O) groups excluding carboxylic acids is 1. The molecule has 9 nitrogen and oxygen atoms in total. The van der Waals surface area contributed by atoms with Gasteiger partial charge in [0.25, 0.3) is 0 Å². The van der Waals surface area contributed by atoms with Crippen LogP contribution in [-0.2, 0) is 11.2 Å². The van der Waals surface area contributed by atoms with Crippen molar-refractivity contribution >= 4 is 28.0 Å². The van der Waals surface area contributed by atoms with Gasteiger partial charge in [-0.05, 0) is 18.2 Å². The maximum atomic E-state index is 12.2. The summed E-state index contributed by atoms with van der Waals surface area (Å²) in [6.07, 6.45) is 2.34. The lowest BCUT2D eigenvalue weighted by Gasteiger charge is -2.02. The molecule has 0 saturated carbocycles. The lowest BCUT2D eigenvalue weighted by atomic mass is 10.3. The fourth-order valence-corrected chi connectivity index (χ4v) is 3.17. The van der Waals surface area contributed by atoms with Crippen LogP contribution in [0, 0.1) is 0 Å². The van der Waals surface area contributed by atoms with Gasteiger partial charge in [-0.2, -0.15) is 4.52 Å². The van der Waals surface area contributed by atoms with Crippen LogP contribution in [0.3, 0.4) is 0 Å². The summed E-state index contributed by atoms with van der Waals surface area (Å²) in [4.78, 5) is 20.9. The van der Waals surface area contributed by atoms with Crippen LogP contribution < -0.4 is 10.1 Å². The molecule has 0 radical (unpaired) electrons. The zero-order valence-electron chi connectivity index (χ0n) is 14.4. The van der Waals surface area contributed by atoms with E-state index >= 15 is 0 Å². The van der Waals surface area contributed by atoms with Gasteiger partial charge >= 0.3 is 0 Å². The molecular formula is C17H15N7O2S. The van der Waals surface area contributed by atoms with Crippen molar-refractivity contribution in [1.82, 2.24) is 29.8 Å². The molecule has 4 aromatic heterocycles. The summed E-state index contributed by atoms with van der Waals surface area (Å²) in [7, 11) is 1.54. The van der Waals surface area contributed by atoms with E-state index in [2.05, 4.69) is 30.6 Å². The van der Waals surface area contributed by atoms with Gasteiger partial charge in [-0.1, -0.05) is 6.07 Å². The summed E-state index contributed by atoms with van der Waals surface area (Å²) in [5, 5.41) is 17.6. The predicted molar refractivity (Wildman–Crippen MR) is 99.6 cm³/mol. The van der Waals surface area contributed by atoms with Gasteiger partial charge in [0.1, 0.15) is 5.69 Å². The molecular weight excluding hydrogens is 366 g/mol. The van der Waals surface area contributed by atoms with Crippen LogP contribution in [-0.4, -0.2) is 42.8 Å². The van der Waals surface area contributed by atoms with E-state index in [0.29, 0.717) is 28.9 Å². The number of ether oxygens (including phenoxy) is 1. The first-order valence-corrected chi connectivity index (χ1v) is 9.03. The lowest BCUT2D eigenvalue weighted by Crippen LogP contribution is -2.13. The zero-order valence-corrected chi connectivity index (χ0v) is 15.2. The van der Waals surface area contributed by atoms with Gasteiger partial charge in [0.15, 0.2) is 16.6 Å². The van der Waals surface area contributed by atoms with E-state index < -0.39 is 0 Å². The van der Waals surface area contributed by atoms with Crippen molar-refractivity contribution in [3.63, 3.8) is 0 Å². The molecule has 136 valence electrons. The third kappa shape index (κ3) is 3.75. The number of rotatable bonds is 6. The molecule has 0 aliphatic carbocycles. The molecule has 0 bridgehead atoms. The maximum Gasteiger partial charge on any atom is 0.231 e. The Morgan fingerprint density at radius 1 is 1.22 bits per heavy atom. The van der Waals surface area contributed by atoms with Crippen molar-refractivity contribution in [1.29, 1.82) is 0 Å². The third-order valence-electron chi connectivity index (χ3n) is 3.77. The van der Waals surface area contributed by atoms with Crippen LogP contribution in [0.15, 0.2) is 41.9 Å². The molecule has 10 heteroatoms. The van der Waals surface area contributed by atoms with E-state index in [4.69, 9.17) is 4.74 Å². The van der Waals surface area contributed by atoms with Crippen LogP contribution in [0.4, 0.5) is 5.13 Å². The van der Waals surface area contributed by atoms with E-state index in [-0.39, 0.29) is 12.3 Å². The Morgan fingerprint density at radius 3 is 2.96 bits per heavy atom. The smallest absolute Gasteiger partial charge is 0.231 e. The van der Waals surface area contributed by atoms with E-state index in [1.54, 1.807) is 30.0 Å². The summed E-state index contributed by atoms with van der Waals surface area (Å²) in [6, 6.07) is 9.08. The molecule has 0 spiro atoms. The van der Waals surface area contributed by atoms with Gasteiger partial charge in [0.05, 0.1) is 12.8 Å². The molecule has 0 aromatic carbocycles. The highest BCUT2D eigenvalue weighted by molar-refractivity contribution is 7.14. The number of nitrogens with zero attached hydrogens (tertiary/aromatic N) is 6. The number of methoxy groups -OCH3 is 1. The molecule has 1 N–H and O–H groups in total. The largest absolute Gasteiger partial charge is 0.480 e. The van der Waals surface area contributed by atoms with E-state index in [1.165, 1.54) is 11.3 Å². The average molecular weight is 381 g/mol. The first-order valence-electron chi connectivity index (χ1n) is 8.15. The number of fused-ring (bicyclic) bond motifs is 1. The summed E-state index contributed by atoms with van der Waals surface area (Å²) < 4.78 is 6.69. The molecule has 0 aliphatic heterocycles. The summed E-state index contributed by atoms with van der Waals surface area (Å²) in [6.45, 7) is 0. The quantitative estimate of drug-likeness (QED) is 0.546. The van der Waals surface area contributed by atoms with Crippen molar-refractivity contribution < 1.29 is 9.53 Å². The number of hydrogen-bond donors (Lipinski definition) is 1. The Morgan fingerprint density at radius 2 is 2.15 bits per heavy atom. The van der Waals surface area contributed by atoms with Crippen LogP contribution >= 0.6 is 11.3 Å². The molecule has 27 heavy (non-hydrogen) atoms. The molecule has 0 atom stereocenters. The standard InChI is InChI=1S/C17H15N7O2S/c1-26-16-8-6-14-22-21-13(24(14)23-16)5-7-15(25)20-17-19-12(10-27-17)11-4-2-3-9-18-11/h2-4,6,8-10H,5,7H2,1H3,(H,19,20,25). The Bertz CT molecular complexity index is 1080. The number of hydrogen-bond acceptors (Lipinski definition) is 8. The van der Waals surface area contributed by atoms with E-state index in [0.717, 1.165) is 11.4 Å². The SMILES string of the molecule is COc1ccc2nnc(CCC(=O)Nc3nc(-c4ccccn4)cs3)n2n1. The van der Waals surface area contributed by atoms with E-state index in [1.807, 2.05) is 23.6 Å². The average Bonchev–Trinajstić information content (AvgIpc) is 3.33. The zero-order chi connectivity index (χ0) is 18.6. The van der Waals surface area contributed by atoms with Gasteiger partial charge in [0.2, 0.25) is 11.8 Å². The molecule has 4 aromatic rings. The topological polar surface area (TPSA) is 107 Å². The normalized spacial score (nSPS) is 10.9. The minimum absolute atomic E-state index is 0.156. The highest BCUT2D eigenvalue weighted by atomic mass is 32.1. The number of anilines is 1. The fraction of sp³-hybridized carbons (Fsp3) is 0.176. The Hall–Kier alpha value is -3.40. The number of pyridine rings is 1. The lowest BCUT2D eigenvalue weighted by molar-refractivity contribution is -0.116. The van der Waals surface area contributed by atoms with Gasteiger partial charge in [-0.25, -0.2) is 4.98 Å². The second-order valence-corrected chi connectivity index (χ2v) is 6.42. The minimum atomic E-state index is -0.156. The van der Waals surface area contributed by atoms with Gasteiger partial charge in [-0.15, -0.1) is 26.6 Å². The highest BCUT2D eigenvalue weighted by Crippen LogP contribution is 2.23. The molecule has 4 rings (SSSR count). The molecule has 0 unspecified atom stereocenters. The van der Waals surface area contributed by atoms with Gasteiger partial charge in [-0.3, -0.25) is 9.78 Å². The van der Waals surface area contributed by atoms with Crippen molar-refractivity contribution in [3.05, 3.63) is 47.7 Å². The molecule has 0 fully saturated rings. The Balaban J connectivity index is 1.40.